The van der Waals surface area contributed by atoms with Crippen LogP contribution in [0, 0.1) is 0 Å². The lowest BCUT2D eigenvalue weighted by atomic mass is 9.90. The lowest BCUT2D eigenvalue weighted by molar-refractivity contribution is -0.125. The molecule has 0 unspecified atom stereocenters. The third-order valence-electron chi connectivity index (χ3n) is 8.47. The van der Waals surface area contributed by atoms with Crippen molar-refractivity contribution in [2.24, 2.45) is 0 Å². The highest BCUT2D eigenvalue weighted by molar-refractivity contribution is 5.99. The van der Waals surface area contributed by atoms with Gasteiger partial charge in [-0.1, -0.05) is 24.3 Å². The summed E-state index contributed by atoms with van der Waals surface area (Å²) in [5.41, 5.74) is 11.7. The molecule has 4 heterocycles. The summed E-state index contributed by atoms with van der Waals surface area (Å²) in [6.07, 6.45) is 6.11. The second kappa shape index (κ2) is 10.5. The van der Waals surface area contributed by atoms with E-state index in [9.17, 15) is 4.79 Å². The third kappa shape index (κ3) is 4.76. The van der Waals surface area contributed by atoms with Gasteiger partial charge in [0.15, 0.2) is 5.65 Å². The Bertz CT molecular complexity index is 1730. The van der Waals surface area contributed by atoms with Crippen LogP contribution in [0.1, 0.15) is 43.1 Å². The smallest absolute Gasteiger partial charge is 0.234 e. The number of nitrogens with two attached hydrogens (primary N) is 1. The average molecular weight is 552 g/mol. The van der Waals surface area contributed by atoms with Crippen molar-refractivity contribution in [2.75, 3.05) is 32.5 Å². The number of nitrogens with one attached hydrogen (secondary N) is 2. The number of nitrogens with zero attached hydrogens (tertiary/aromatic N) is 6. The Balaban J connectivity index is 1.18. The molecule has 210 valence electrons. The molecule has 1 aliphatic heterocycles. The van der Waals surface area contributed by atoms with Crippen LogP contribution in [-0.2, 0) is 11.2 Å². The molecule has 0 radical (unpaired) electrons. The molecule has 2 aliphatic rings. The molecule has 3 aromatic heterocycles. The van der Waals surface area contributed by atoms with E-state index < -0.39 is 0 Å². The van der Waals surface area contributed by atoms with Crippen LogP contribution in [-0.4, -0.2) is 73.3 Å². The number of para-hydroxylation sites is 1. The number of aromatic nitrogens is 6. The number of nitrogen functional groups attached to an aromatic ring is 1. The van der Waals surface area contributed by atoms with E-state index in [1.807, 2.05) is 35.0 Å². The van der Waals surface area contributed by atoms with Gasteiger partial charge in [0.1, 0.15) is 29.4 Å². The van der Waals surface area contributed by atoms with E-state index in [2.05, 4.69) is 37.3 Å². The second-order valence-corrected chi connectivity index (χ2v) is 10.9. The predicted molar refractivity (Wildman–Crippen MR) is 156 cm³/mol. The number of fused-ring (bicyclic) bond motifs is 2. The van der Waals surface area contributed by atoms with E-state index in [-0.39, 0.29) is 11.9 Å². The van der Waals surface area contributed by atoms with E-state index in [1.165, 1.54) is 6.33 Å². The van der Waals surface area contributed by atoms with Gasteiger partial charge in [-0.2, -0.15) is 5.10 Å². The second-order valence-electron chi connectivity index (χ2n) is 10.9. The SMILES string of the molecule is COc1ccccc1Cc1nc2cc(-c3nn([C@H]4CC[C@@H](N5CCNC(=O)C5)CC4)c4ncnc(N)c34)ccc2[nH]1. The minimum absolute atomic E-state index is 0.119. The van der Waals surface area contributed by atoms with Crippen molar-refractivity contribution in [2.45, 2.75) is 44.2 Å². The highest BCUT2D eigenvalue weighted by Gasteiger charge is 2.31. The molecule has 0 spiro atoms. The first-order chi connectivity index (χ1) is 20.1. The first-order valence-corrected chi connectivity index (χ1v) is 14.2. The number of hydrogen-bond donors (Lipinski definition) is 3. The molecule has 1 saturated carbocycles. The molecule has 0 bridgehead atoms. The Hall–Kier alpha value is -4.51. The molecule has 4 N–H and O–H groups in total. The number of rotatable bonds is 6. The van der Waals surface area contributed by atoms with Crippen LogP contribution in [0.5, 0.6) is 5.75 Å². The maximum absolute atomic E-state index is 11.9. The summed E-state index contributed by atoms with van der Waals surface area (Å²) >= 11 is 0. The minimum Gasteiger partial charge on any atom is -0.496 e. The number of imidazole rings is 1. The molecular weight excluding hydrogens is 518 g/mol. The number of aromatic amines is 1. The fourth-order valence-electron chi connectivity index (χ4n) is 6.41. The summed E-state index contributed by atoms with van der Waals surface area (Å²) in [6.45, 7) is 2.13. The molecule has 1 saturated heterocycles. The van der Waals surface area contributed by atoms with Crippen molar-refractivity contribution in [3.05, 3.63) is 60.2 Å². The van der Waals surface area contributed by atoms with Crippen LogP contribution in [0.3, 0.4) is 0 Å². The van der Waals surface area contributed by atoms with Crippen molar-refractivity contribution in [1.82, 2.24) is 39.9 Å². The number of amides is 1. The van der Waals surface area contributed by atoms with Gasteiger partial charge >= 0.3 is 0 Å². The predicted octanol–water partition coefficient (Wildman–Crippen LogP) is 3.47. The van der Waals surface area contributed by atoms with E-state index >= 15 is 0 Å². The highest BCUT2D eigenvalue weighted by atomic mass is 16.5. The summed E-state index contributed by atoms with van der Waals surface area (Å²) in [5, 5.41) is 8.79. The fourth-order valence-corrected chi connectivity index (χ4v) is 6.41. The van der Waals surface area contributed by atoms with Crippen LogP contribution < -0.4 is 15.8 Å². The minimum atomic E-state index is 0.119. The van der Waals surface area contributed by atoms with Gasteiger partial charge in [0.25, 0.3) is 0 Å². The largest absolute Gasteiger partial charge is 0.496 e. The van der Waals surface area contributed by atoms with Crippen molar-refractivity contribution in [3.63, 3.8) is 0 Å². The number of methoxy groups -OCH3 is 1. The van der Waals surface area contributed by atoms with Crippen molar-refractivity contribution >= 4 is 33.8 Å². The van der Waals surface area contributed by atoms with Gasteiger partial charge in [-0.05, 0) is 43.9 Å². The van der Waals surface area contributed by atoms with E-state index in [4.69, 9.17) is 20.6 Å². The molecule has 0 atom stereocenters. The third-order valence-corrected chi connectivity index (χ3v) is 8.47. The lowest BCUT2D eigenvalue weighted by Gasteiger charge is -2.38. The van der Waals surface area contributed by atoms with Gasteiger partial charge in [0.2, 0.25) is 5.91 Å². The summed E-state index contributed by atoms with van der Waals surface area (Å²) in [7, 11) is 1.68. The van der Waals surface area contributed by atoms with Gasteiger partial charge < -0.3 is 20.8 Å². The van der Waals surface area contributed by atoms with Crippen molar-refractivity contribution in [3.8, 4) is 17.0 Å². The number of hydrogen-bond acceptors (Lipinski definition) is 8. The Morgan fingerprint density at radius 2 is 1.90 bits per heavy atom. The summed E-state index contributed by atoms with van der Waals surface area (Å²) in [4.78, 5) is 31.5. The molecule has 11 nitrogen and oxygen atoms in total. The van der Waals surface area contributed by atoms with Gasteiger partial charge in [-0.3, -0.25) is 9.69 Å². The normalized spacial score (nSPS) is 20.0. The van der Waals surface area contributed by atoms with Gasteiger partial charge in [-0.25, -0.2) is 19.6 Å². The summed E-state index contributed by atoms with van der Waals surface area (Å²) in [6, 6.07) is 14.7. The summed E-state index contributed by atoms with van der Waals surface area (Å²) < 4.78 is 7.56. The van der Waals surface area contributed by atoms with Gasteiger partial charge in [0.05, 0.1) is 36.1 Å². The Morgan fingerprint density at radius 1 is 1.07 bits per heavy atom. The van der Waals surface area contributed by atoms with Crippen LogP contribution in [0.4, 0.5) is 5.82 Å². The molecule has 41 heavy (non-hydrogen) atoms. The summed E-state index contributed by atoms with van der Waals surface area (Å²) in [5.74, 6) is 2.25. The zero-order valence-electron chi connectivity index (χ0n) is 23.0. The number of benzene rings is 2. The van der Waals surface area contributed by atoms with Crippen molar-refractivity contribution < 1.29 is 9.53 Å². The first kappa shape index (κ1) is 25.5. The quantitative estimate of drug-likeness (QED) is 0.292. The molecule has 7 rings (SSSR count). The number of carbonyl (C=O) groups is 1. The zero-order valence-corrected chi connectivity index (χ0v) is 23.0. The van der Waals surface area contributed by atoms with E-state index in [1.54, 1.807) is 7.11 Å². The maximum atomic E-state index is 11.9. The number of ether oxygens (including phenoxy) is 1. The lowest BCUT2D eigenvalue weighted by Crippen LogP contribution is -2.52. The number of piperazine rings is 1. The topological polar surface area (TPSA) is 140 Å². The molecule has 11 heteroatoms. The highest BCUT2D eigenvalue weighted by Crippen LogP contribution is 2.37. The van der Waals surface area contributed by atoms with Crippen molar-refractivity contribution in [1.29, 1.82) is 0 Å². The number of anilines is 1. The van der Waals surface area contributed by atoms with Crippen LogP contribution >= 0.6 is 0 Å². The monoisotopic (exact) mass is 551 g/mol. The number of carbonyl (C=O) groups excluding carboxylic acids is 1. The molecule has 2 aromatic carbocycles. The Kier molecular flexibility index (Phi) is 6.50. The van der Waals surface area contributed by atoms with E-state index in [0.29, 0.717) is 24.8 Å². The Labute approximate surface area is 237 Å². The molecule has 2 fully saturated rings. The molecule has 5 aromatic rings. The van der Waals surface area contributed by atoms with Crippen LogP contribution in [0.25, 0.3) is 33.3 Å². The molecular formula is C30H33N9O2. The van der Waals surface area contributed by atoms with Crippen LogP contribution in [0.15, 0.2) is 48.8 Å². The first-order valence-electron chi connectivity index (χ1n) is 14.2. The maximum Gasteiger partial charge on any atom is 0.234 e. The zero-order chi connectivity index (χ0) is 27.9. The van der Waals surface area contributed by atoms with Gasteiger partial charge in [0, 0.05) is 36.7 Å². The van der Waals surface area contributed by atoms with Gasteiger partial charge in [-0.15, -0.1) is 0 Å². The van der Waals surface area contributed by atoms with E-state index in [0.717, 1.165) is 89.2 Å². The molecule has 1 amide bonds. The average Bonchev–Trinajstić information content (AvgIpc) is 3.59. The number of H-pyrrole nitrogens is 1. The van der Waals surface area contributed by atoms with Crippen LogP contribution in [0.2, 0.25) is 0 Å². The molecule has 1 aliphatic carbocycles. The fraction of sp³-hybridized carbons (Fsp3) is 0.367. The standard InChI is InChI=1S/C30H33N9O2/c1-41-24-5-3-2-4-18(24)15-25-35-22-11-6-19(14-23(22)36-25)28-27-29(31)33-17-34-30(27)39(37-28)21-9-7-20(8-10-21)38-13-12-32-26(40)16-38/h2-6,11,14,17,20-21H,7-10,12-13,15-16H2,1H3,(H,32,40)(H,35,36)(H2,31,33,34)/t20-,21+. The Morgan fingerprint density at radius 3 is 2.73 bits per heavy atom.